The van der Waals surface area contributed by atoms with Crippen LogP contribution in [0.4, 0.5) is 29.1 Å². The predicted octanol–water partition coefficient (Wildman–Crippen LogP) is 3.55. The number of piperidine rings is 1. The zero-order valence-corrected chi connectivity index (χ0v) is 15.4. The Labute approximate surface area is 162 Å². The van der Waals surface area contributed by atoms with Crippen LogP contribution in [-0.2, 0) is 6.54 Å². The number of aromatic nitrogens is 2. The number of aryl methyl sites for hydroxylation is 1. The fourth-order valence-electron chi connectivity index (χ4n) is 3.54. The van der Waals surface area contributed by atoms with E-state index in [0.29, 0.717) is 25.9 Å². The van der Waals surface area contributed by atoms with Crippen LogP contribution in [0.5, 0.6) is 0 Å². The summed E-state index contributed by atoms with van der Waals surface area (Å²) >= 11 is 0. The number of hydrogen-bond acceptors (Lipinski definition) is 5. The van der Waals surface area contributed by atoms with Crippen LogP contribution in [0.25, 0.3) is 0 Å². The maximum absolute atomic E-state index is 13.1. The first kappa shape index (κ1) is 20.7. The Hall–Kier alpha value is -2.98. The monoisotopic (exact) mass is 414 g/mol. The van der Waals surface area contributed by atoms with Gasteiger partial charge in [-0.2, -0.15) is 13.2 Å². The molecule has 3 rings (SSSR count). The van der Waals surface area contributed by atoms with Crippen molar-refractivity contribution < 1.29 is 22.5 Å². The molecule has 0 amide bonds. The fourth-order valence-corrected chi connectivity index (χ4v) is 3.54. The number of rotatable bonds is 4. The molecule has 2 heterocycles. The van der Waals surface area contributed by atoms with Gasteiger partial charge in [-0.05, 0) is 43.4 Å². The van der Waals surface area contributed by atoms with Crippen molar-refractivity contribution in [1.82, 2.24) is 9.55 Å². The topological polar surface area (TPSA) is 81.3 Å². The van der Waals surface area contributed by atoms with Crippen LogP contribution >= 0.6 is 0 Å². The second kappa shape index (κ2) is 7.80. The van der Waals surface area contributed by atoms with Crippen molar-refractivity contribution in [2.24, 2.45) is 0 Å². The van der Waals surface area contributed by atoms with Crippen molar-refractivity contribution in [2.75, 3.05) is 18.0 Å². The number of nitrogens with zero attached hydrogens (tertiary/aromatic N) is 4. The molecule has 0 atom stereocenters. The van der Waals surface area contributed by atoms with Gasteiger partial charge in [0, 0.05) is 13.1 Å². The lowest BCUT2D eigenvalue weighted by atomic mass is 9.89. The summed E-state index contributed by atoms with van der Waals surface area (Å²) in [4.78, 5) is 28.4. The van der Waals surface area contributed by atoms with Gasteiger partial charge in [0.1, 0.15) is 18.2 Å². The highest BCUT2D eigenvalue weighted by Crippen LogP contribution is 2.32. The normalized spacial score (nSPS) is 15.6. The summed E-state index contributed by atoms with van der Waals surface area (Å²) in [6.07, 6.45) is -3.55. The summed E-state index contributed by atoms with van der Waals surface area (Å²) in [5, 5.41) is 11.4. The summed E-state index contributed by atoms with van der Waals surface area (Å²) in [6, 6.07) is 6.08. The van der Waals surface area contributed by atoms with Crippen LogP contribution in [0, 0.1) is 22.9 Å². The minimum Gasteiger partial charge on any atom is -0.351 e. The van der Waals surface area contributed by atoms with E-state index in [4.69, 9.17) is 0 Å². The molecular formula is C18H18F4N4O3. The van der Waals surface area contributed by atoms with E-state index < -0.39 is 28.9 Å². The van der Waals surface area contributed by atoms with Gasteiger partial charge in [-0.3, -0.25) is 19.5 Å². The van der Waals surface area contributed by atoms with Crippen LogP contribution in [0.2, 0.25) is 0 Å². The van der Waals surface area contributed by atoms with Crippen molar-refractivity contribution in [2.45, 2.75) is 38.4 Å². The lowest BCUT2D eigenvalue weighted by Crippen LogP contribution is -2.38. The molecule has 0 radical (unpaired) electrons. The Morgan fingerprint density at radius 1 is 1.21 bits per heavy atom. The molecule has 1 aromatic carbocycles. The largest absolute Gasteiger partial charge is 0.406 e. The van der Waals surface area contributed by atoms with Gasteiger partial charge in [0.15, 0.2) is 0 Å². The highest BCUT2D eigenvalue weighted by atomic mass is 19.4. The maximum atomic E-state index is 13.1. The number of anilines is 1. The molecule has 11 heteroatoms. The first-order valence-electron chi connectivity index (χ1n) is 8.90. The standard InChI is InChI=1S/C18H18F4N4O3/c1-11-23-16(15(26(28)29)17(27)25(11)10-18(20,21)22)24-8-6-13(7-9-24)12-2-4-14(19)5-3-12/h2-5,13H,6-10H2,1H3. The van der Waals surface area contributed by atoms with E-state index in [9.17, 15) is 32.5 Å². The first-order valence-corrected chi connectivity index (χ1v) is 8.90. The summed E-state index contributed by atoms with van der Waals surface area (Å²) in [7, 11) is 0. The lowest BCUT2D eigenvalue weighted by Gasteiger charge is -2.33. The summed E-state index contributed by atoms with van der Waals surface area (Å²) in [5.41, 5.74) is -1.35. The molecule has 1 aromatic heterocycles. The number of benzene rings is 1. The van der Waals surface area contributed by atoms with Gasteiger partial charge in [0.25, 0.3) is 0 Å². The number of halogens is 4. The average molecular weight is 414 g/mol. The molecule has 1 aliphatic heterocycles. The minimum absolute atomic E-state index is 0.109. The third-order valence-electron chi connectivity index (χ3n) is 4.97. The van der Waals surface area contributed by atoms with E-state index in [0.717, 1.165) is 5.56 Å². The van der Waals surface area contributed by atoms with Crippen molar-refractivity contribution in [3.8, 4) is 0 Å². The molecule has 0 spiro atoms. The Morgan fingerprint density at radius 3 is 2.31 bits per heavy atom. The van der Waals surface area contributed by atoms with Gasteiger partial charge < -0.3 is 4.90 Å². The van der Waals surface area contributed by atoms with Crippen molar-refractivity contribution in [3.63, 3.8) is 0 Å². The van der Waals surface area contributed by atoms with E-state index in [1.54, 1.807) is 17.0 Å². The quantitative estimate of drug-likeness (QED) is 0.434. The first-order chi connectivity index (χ1) is 13.6. The van der Waals surface area contributed by atoms with E-state index >= 15 is 0 Å². The van der Waals surface area contributed by atoms with Gasteiger partial charge in [0.05, 0.1) is 4.92 Å². The molecule has 1 fully saturated rings. The van der Waals surface area contributed by atoms with E-state index in [1.807, 2.05) is 0 Å². The number of alkyl halides is 3. The van der Waals surface area contributed by atoms with Crippen LogP contribution < -0.4 is 10.5 Å². The molecule has 156 valence electrons. The fraction of sp³-hybridized carbons (Fsp3) is 0.444. The molecule has 0 saturated carbocycles. The highest BCUT2D eigenvalue weighted by molar-refractivity contribution is 5.57. The molecule has 0 N–H and O–H groups in total. The van der Waals surface area contributed by atoms with Crippen LogP contribution in [-0.4, -0.2) is 33.7 Å². The molecule has 29 heavy (non-hydrogen) atoms. The molecule has 2 aromatic rings. The Kier molecular flexibility index (Phi) is 5.58. The minimum atomic E-state index is -4.71. The van der Waals surface area contributed by atoms with Crippen molar-refractivity contribution >= 4 is 11.5 Å². The second-order valence-corrected chi connectivity index (χ2v) is 6.91. The van der Waals surface area contributed by atoms with Gasteiger partial charge in [0.2, 0.25) is 5.82 Å². The summed E-state index contributed by atoms with van der Waals surface area (Å²) in [5.74, 6) is -0.694. The zero-order chi connectivity index (χ0) is 21.3. The number of nitro groups is 1. The van der Waals surface area contributed by atoms with Gasteiger partial charge in [-0.15, -0.1) is 0 Å². The Balaban J connectivity index is 1.88. The van der Waals surface area contributed by atoms with E-state index in [-0.39, 0.29) is 27.9 Å². The average Bonchev–Trinajstić information content (AvgIpc) is 2.64. The maximum Gasteiger partial charge on any atom is 0.406 e. The van der Waals surface area contributed by atoms with E-state index in [1.165, 1.54) is 19.1 Å². The Bertz CT molecular complexity index is 965. The summed E-state index contributed by atoms with van der Waals surface area (Å²) in [6.45, 7) is 0.236. The molecule has 0 bridgehead atoms. The number of hydrogen-bond donors (Lipinski definition) is 0. The van der Waals surface area contributed by atoms with E-state index in [2.05, 4.69) is 4.98 Å². The van der Waals surface area contributed by atoms with Crippen LogP contribution in [0.15, 0.2) is 29.1 Å². The highest BCUT2D eigenvalue weighted by Gasteiger charge is 2.35. The van der Waals surface area contributed by atoms with Crippen molar-refractivity contribution in [3.05, 3.63) is 61.9 Å². The van der Waals surface area contributed by atoms with Crippen molar-refractivity contribution in [1.29, 1.82) is 0 Å². The molecule has 0 aliphatic carbocycles. The molecule has 7 nitrogen and oxygen atoms in total. The van der Waals surface area contributed by atoms with Crippen LogP contribution in [0.1, 0.15) is 30.1 Å². The third-order valence-corrected chi connectivity index (χ3v) is 4.97. The third kappa shape index (κ3) is 4.54. The molecular weight excluding hydrogens is 396 g/mol. The zero-order valence-electron chi connectivity index (χ0n) is 15.4. The van der Waals surface area contributed by atoms with Gasteiger partial charge in [-0.1, -0.05) is 12.1 Å². The SMILES string of the molecule is Cc1nc(N2CCC(c3ccc(F)cc3)CC2)c([N+](=O)[O-])c(=O)n1CC(F)(F)F. The second-order valence-electron chi connectivity index (χ2n) is 6.91. The lowest BCUT2D eigenvalue weighted by molar-refractivity contribution is -0.386. The molecule has 1 saturated heterocycles. The Morgan fingerprint density at radius 2 is 1.79 bits per heavy atom. The van der Waals surface area contributed by atoms with Crippen LogP contribution in [0.3, 0.4) is 0 Å². The van der Waals surface area contributed by atoms with Gasteiger partial charge >= 0.3 is 17.4 Å². The summed E-state index contributed by atoms with van der Waals surface area (Å²) < 4.78 is 51.5. The molecule has 1 aliphatic rings. The predicted molar refractivity (Wildman–Crippen MR) is 96.5 cm³/mol. The molecule has 0 unspecified atom stereocenters. The smallest absolute Gasteiger partial charge is 0.351 e. The van der Waals surface area contributed by atoms with Gasteiger partial charge in [-0.25, -0.2) is 9.37 Å².